The van der Waals surface area contributed by atoms with Gasteiger partial charge in [0, 0.05) is 5.56 Å². The minimum Gasteiger partial charge on any atom is -0.346 e. The fraction of sp³-hybridized carbons (Fsp3) is 0.263. The first-order valence-electron chi connectivity index (χ1n) is 8.56. The van der Waals surface area contributed by atoms with Gasteiger partial charge in [0.1, 0.15) is 5.82 Å². The molecule has 4 nitrogen and oxygen atoms in total. The lowest BCUT2D eigenvalue weighted by atomic mass is 10.1. The molecule has 0 saturated carbocycles. The third-order valence-electron chi connectivity index (χ3n) is 4.32. The van der Waals surface area contributed by atoms with Crippen molar-refractivity contribution in [3.05, 3.63) is 64.7 Å². The van der Waals surface area contributed by atoms with Crippen LogP contribution in [0.25, 0.3) is 11.0 Å². The maximum atomic E-state index is 13.8. The topological polar surface area (TPSA) is 57.8 Å². The van der Waals surface area contributed by atoms with Crippen molar-refractivity contribution in [2.75, 3.05) is 12.0 Å². The zero-order valence-electron chi connectivity index (χ0n) is 15.2. The molecule has 1 amide bonds. The van der Waals surface area contributed by atoms with Crippen LogP contribution in [0.4, 0.5) is 22.0 Å². The molecule has 3 aromatic rings. The van der Waals surface area contributed by atoms with Gasteiger partial charge in [-0.3, -0.25) is 4.79 Å². The van der Waals surface area contributed by atoms with E-state index < -0.39 is 53.0 Å². The number of hydrogen-bond acceptors (Lipinski definition) is 3. The Balaban J connectivity index is 1.84. The highest BCUT2D eigenvalue weighted by Gasteiger charge is 2.28. The number of aromatic nitrogens is 2. The first-order chi connectivity index (χ1) is 13.8. The van der Waals surface area contributed by atoms with Gasteiger partial charge >= 0.3 is 0 Å². The van der Waals surface area contributed by atoms with Crippen molar-refractivity contribution in [3.63, 3.8) is 0 Å². The van der Waals surface area contributed by atoms with Gasteiger partial charge in [0.15, 0.2) is 23.3 Å². The Morgan fingerprint density at radius 3 is 2.31 bits per heavy atom. The van der Waals surface area contributed by atoms with Crippen LogP contribution in [-0.4, -0.2) is 27.9 Å². The number of amides is 1. The number of nitrogens with one attached hydrogen (secondary N) is 2. The number of carbonyl (C=O) groups excluding carboxylic acids is 1. The zero-order valence-corrected chi connectivity index (χ0v) is 16.0. The first-order valence-corrected chi connectivity index (χ1v) is 9.96. The summed E-state index contributed by atoms with van der Waals surface area (Å²) >= 11 is 1.52. The van der Waals surface area contributed by atoms with Gasteiger partial charge in [-0.25, -0.2) is 26.9 Å². The van der Waals surface area contributed by atoms with E-state index in [0.717, 1.165) is 5.52 Å². The molecule has 0 fully saturated rings. The number of fused-ring (bicyclic) bond motifs is 1. The summed E-state index contributed by atoms with van der Waals surface area (Å²) in [6.07, 6.45) is 1.32. The summed E-state index contributed by atoms with van der Waals surface area (Å²) in [6.45, 7) is 0. The zero-order chi connectivity index (χ0) is 21.1. The third kappa shape index (κ3) is 4.36. The summed E-state index contributed by atoms with van der Waals surface area (Å²) in [5, 5.41) is 2.57. The van der Waals surface area contributed by atoms with E-state index in [1.807, 2.05) is 12.3 Å². The predicted molar refractivity (Wildman–Crippen MR) is 99.9 cm³/mol. The van der Waals surface area contributed by atoms with Crippen molar-refractivity contribution in [2.24, 2.45) is 0 Å². The van der Waals surface area contributed by atoms with Crippen LogP contribution in [-0.2, 0) is 11.2 Å². The fourth-order valence-corrected chi connectivity index (χ4v) is 3.33. The number of imidazole rings is 1. The Hall–Kier alpha value is -2.62. The molecule has 0 unspecified atom stereocenters. The summed E-state index contributed by atoms with van der Waals surface area (Å²) in [5.41, 5.74) is 0.239. The third-order valence-corrected chi connectivity index (χ3v) is 4.97. The van der Waals surface area contributed by atoms with Crippen molar-refractivity contribution in [3.8, 4) is 0 Å². The molecule has 1 heterocycles. The lowest BCUT2D eigenvalue weighted by Crippen LogP contribution is -2.31. The van der Waals surface area contributed by atoms with Gasteiger partial charge in [-0.05, 0) is 30.6 Å². The molecule has 0 bridgehead atoms. The summed E-state index contributed by atoms with van der Waals surface area (Å²) in [6, 6.07) is 6.56. The maximum absolute atomic E-state index is 13.8. The van der Waals surface area contributed by atoms with E-state index in [1.165, 1.54) is 11.8 Å². The Bertz CT molecular complexity index is 994. The number of aromatic amines is 1. The van der Waals surface area contributed by atoms with Gasteiger partial charge in [-0.2, -0.15) is 11.8 Å². The molecular formula is C19H16F5N3OS. The van der Waals surface area contributed by atoms with E-state index in [9.17, 15) is 26.7 Å². The number of rotatable bonds is 7. The second-order valence-corrected chi connectivity index (χ2v) is 7.25. The second-order valence-electron chi connectivity index (χ2n) is 6.27. The standard InChI is InChI=1S/C19H16F5N3OS/c1-29-7-6-12(19-26-10-4-2-3-5-11(10)27-19)25-13(28)8-9-14(20)16(22)18(24)17(23)15(9)21/h2-5,12H,6-8H2,1H3,(H,25,28)(H,26,27)/t12-/m0/s1. The molecule has 29 heavy (non-hydrogen) atoms. The number of para-hydroxylation sites is 2. The van der Waals surface area contributed by atoms with E-state index in [2.05, 4.69) is 15.3 Å². The highest BCUT2D eigenvalue weighted by Crippen LogP contribution is 2.24. The van der Waals surface area contributed by atoms with Crippen LogP contribution in [0.2, 0.25) is 0 Å². The molecule has 2 N–H and O–H groups in total. The average Bonchev–Trinajstić information content (AvgIpc) is 3.15. The van der Waals surface area contributed by atoms with E-state index in [4.69, 9.17) is 0 Å². The number of thioether (sulfide) groups is 1. The minimum atomic E-state index is -2.26. The fourth-order valence-electron chi connectivity index (χ4n) is 2.86. The minimum absolute atomic E-state index is 0.436. The lowest BCUT2D eigenvalue weighted by molar-refractivity contribution is -0.121. The van der Waals surface area contributed by atoms with Crippen LogP contribution >= 0.6 is 11.8 Å². The van der Waals surface area contributed by atoms with Crippen LogP contribution in [0.1, 0.15) is 23.9 Å². The van der Waals surface area contributed by atoms with Crippen LogP contribution in [0.5, 0.6) is 0 Å². The van der Waals surface area contributed by atoms with Gasteiger partial charge in [-0.15, -0.1) is 0 Å². The van der Waals surface area contributed by atoms with Crippen LogP contribution in [0.15, 0.2) is 24.3 Å². The van der Waals surface area contributed by atoms with Gasteiger partial charge < -0.3 is 10.3 Å². The van der Waals surface area contributed by atoms with E-state index in [-0.39, 0.29) is 0 Å². The smallest absolute Gasteiger partial charge is 0.225 e. The Morgan fingerprint density at radius 1 is 1.07 bits per heavy atom. The van der Waals surface area contributed by atoms with Gasteiger partial charge in [0.25, 0.3) is 0 Å². The van der Waals surface area contributed by atoms with Crippen molar-refractivity contribution in [1.29, 1.82) is 0 Å². The van der Waals surface area contributed by atoms with Gasteiger partial charge in [0.2, 0.25) is 11.7 Å². The number of halogens is 5. The SMILES string of the molecule is CSCC[C@H](NC(=O)Cc1c(F)c(F)c(F)c(F)c1F)c1nc2ccccc2[nH]1. The number of nitrogens with zero attached hydrogens (tertiary/aromatic N) is 1. The normalized spacial score (nSPS) is 12.3. The van der Waals surface area contributed by atoms with Crippen molar-refractivity contribution in [2.45, 2.75) is 18.9 Å². The summed E-state index contributed by atoms with van der Waals surface area (Å²) in [5.74, 6) is -10.3. The Morgan fingerprint density at radius 2 is 1.69 bits per heavy atom. The average molecular weight is 429 g/mol. The number of carbonyl (C=O) groups is 1. The summed E-state index contributed by atoms with van der Waals surface area (Å²) in [4.78, 5) is 19.8. The molecule has 154 valence electrons. The van der Waals surface area contributed by atoms with Gasteiger partial charge in [0.05, 0.1) is 23.5 Å². The lowest BCUT2D eigenvalue weighted by Gasteiger charge is -2.17. The van der Waals surface area contributed by atoms with Crippen LogP contribution in [0, 0.1) is 29.1 Å². The predicted octanol–water partition coefficient (Wildman–Crippen LogP) is 4.41. The monoisotopic (exact) mass is 429 g/mol. The molecule has 0 aliphatic heterocycles. The molecule has 0 aliphatic rings. The highest BCUT2D eigenvalue weighted by atomic mass is 32.2. The van der Waals surface area contributed by atoms with Crippen LogP contribution in [0.3, 0.4) is 0 Å². The molecular weight excluding hydrogens is 413 g/mol. The molecule has 0 spiro atoms. The summed E-state index contributed by atoms with van der Waals surface area (Å²) < 4.78 is 67.6. The molecule has 0 aliphatic carbocycles. The quantitative estimate of drug-likeness (QED) is 0.332. The molecule has 1 atom stereocenters. The van der Waals surface area contributed by atoms with Gasteiger partial charge in [-0.1, -0.05) is 12.1 Å². The molecule has 2 aromatic carbocycles. The number of benzene rings is 2. The number of H-pyrrole nitrogens is 1. The first kappa shape index (κ1) is 21.1. The van der Waals surface area contributed by atoms with E-state index in [0.29, 0.717) is 23.5 Å². The molecule has 10 heteroatoms. The van der Waals surface area contributed by atoms with Crippen molar-refractivity contribution >= 4 is 28.7 Å². The van der Waals surface area contributed by atoms with Crippen molar-refractivity contribution in [1.82, 2.24) is 15.3 Å². The van der Waals surface area contributed by atoms with Crippen molar-refractivity contribution < 1.29 is 26.7 Å². The van der Waals surface area contributed by atoms with Crippen LogP contribution < -0.4 is 5.32 Å². The van der Waals surface area contributed by atoms with E-state index in [1.54, 1.807) is 18.2 Å². The number of hydrogen-bond donors (Lipinski definition) is 2. The molecule has 1 aromatic heterocycles. The molecule has 0 saturated heterocycles. The maximum Gasteiger partial charge on any atom is 0.225 e. The molecule has 0 radical (unpaired) electrons. The Labute approximate surface area is 166 Å². The second kappa shape index (κ2) is 8.81. The van der Waals surface area contributed by atoms with E-state index >= 15 is 0 Å². The summed E-state index contributed by atoms with van der Waals surface area (Å²) in [7, 11) is 0. The highest BCUT2D eigenvalue weighted by molar-refractivity contribution is 7.98. The largest absolute Gasteiger partial charge is 0.346 e. The molecule has 3 rings (SSSR count). The Kier molecular flexibility index (Phi) is 6.41.